The lowest BCUT2D eigenvalue weighted by Gasteiger charge is -1.90. The third kappa shape index (κ3) is 3.89. The number of nitrogens with two attached hydrogens (primary N) is 1. The molecule has 8 nitrogen and oxygen atoms in total. The van der Waals surface area contributed by atoms with Crippen molar-refractivity contribution >= 4 is 27.3 Å². The van der Waals surface area contributed by atoms with Gasteiger partial charge in [-0.1, -0.05) is 0 Å². The highest BCUT2D eigenvalue weighted by molar-refractivity contribution is 7.79. The average molecular weight is 231 g/mol. The smallest absolute Gasteiger partial charge is 0.215 e. The lowest BCUT2D eigenvalue weighted by Crippen LogP contribution is -1.90. The van der Waals surface area contributed by atoms with Gasteiger partial charge in [-0.15, -0.1) is 0 Å². The third-order valence-corrected chi connectivity index (χ3v) is 1.38. The molecule has 0 aliphatic rings. The second-order valence-corrected chi connectivity index (χ2v) is 3.28. The molecule has 2 heterocycles. The van der Waals surface area contributed by atoms with E-state index in [1.54, 1.807) is 6.20 Å². The van der Waals surface area contributed by atoms with Gasteiger partial charge in [0.1, 0.15) is 17.8 Å². The van der Waals surface area contributed by atoms with Crippen LogP contribution in [0.25, 0.3) is 11.0 Å². The van der Waals surface area contributed by atoms with E-state index in [-0.39, 0.29) is 0 Å². The van der Waals surface area contributed by atoms with Gasteiger partial charge in [0.25, 0.3) is 0 Å². The van der Waals surface area contributed by atoms with Crippen molar-refractivity contribution in [3.05, 3.63) is 18.6 Å². The Kier molecular flexibility index (Phi) is 3.19. The summed E-state index contributed by atoms with van der Waals surface area (Å²) in [6.07, 6.45) is 3.23. The molecule has 9 heteroatoms. The summed E-state index contributed by atoms with van der Waals surface area (Å²) in [5.41, 5.74) is 6.31. The Morgan fingerprint density at radius 3 is 2.60 bits per heavy atom. The maximum atomic E-state index is 8.63. The van der Waals surface area contributed by atoms with Gasteiger partial charge in [-0.25, -0.2) is 18.4 Å². The molecule has 0 bridgehead atoms. The molecule has 0 spiro atoms. The molecule has 0 saturated carbocycles. The molecule has 0 aliphatic heterocycles. The Balaban J connectivity index is 0.000000195. The number of anilines is 1. The largest absolute Gasteiger partial charge is 0.726 e. The van der Waals surface area contributed by atoms with Gasteiger partial charge < -0.3 is 15.3 Å². The van der Waals surface area contributed by atoms with Crippen molar-refractivity contribution in [2.45, 2.75) is 0 Å². The van der Waals surface area contributed by atoms with E-state index >= 15 is 0 Å². The predicted octanol–water partition coefficient (Wildman–Crippen LogP) is -0.455. The summed E-state index contributed by atoms with van der Waals surface area (Å²) in [4.78, 5) is 10.7. The van der Waals surface area contributed by atoms with Crippen LogP contribution in [0, 0.1) is 0 Å². The third-order valence-electron chi connectivity index (χ3n) is 1.38. The number of hydrogen-bond donors (Lipinski definition) is 3. The number of H-pyrrole nitrogens is 1. The number of nitrogen functional groups attached to an aromatic ring is 1. The van der Waals surface area contributed by atoms with Crippen LogP contribution < -0.4 is 5.73 Å². The molecule has 0 saturated heterocycles. The quantitative estimate of drug-likeness (QED) is 0.411. The van der Waals surface area contributed by atoms with Crippen LogP contribution >= 0.6 is 0 Å². The molecule has 2 aromatic rings. The minimum atomic E-state index is -4.92. The zero-order chi connectivity index (χ0) is 11.5. The van der Waals surface area contributed by atoms with E-state index in [0.29, 0.717) is 5.82 Å². The van der Waals surface area contributed by atoms with Gasteiger partial charge in [-0.3, -0.25) is 4.55 Å². The molecule has 0 aliphatic carbocycles. The Morgan fingerprint density at radius 2 is 2.07 bits per heavy atom. The van der Waals surface area contributed by atoms with Gasteiger partial charge in [-0.05, 0) is 6.07 Å². The van der Waals surface area contributed by atoms with Gasteiger partial charge in [0.05, 0.1) is 5.39 Å². The Labute approximate surface area is 84.7 Å². The summed E-state index contributed by atoms with van der Waals surface area (Å²) in [7, 11) is -4.92. The van der Waals surface area contributed by atoms with E-state index in [2.05, 4.69) is 15.0 Å². The van der Waals surface area contributed by atoms with Crippen LogP contribution in [0.1, 0.15) is 0 Å². The molecule has 0 aromatic carbocycles. The van der Waals surface area contributed by atoms with Crippen LogP contribution in [0.2, 0.25) is 0 Å². The van der Waals surface area contributed by atoms with Crippen molar-refractivity contribution in [3.63, 3.8) is 0 Å². The first-order valence-electron chi connectivity index (χ1n) is 3.60. The first-order chi connectivity index (χ1) is 6.88. The Hall–Kier alpha value is -1.71. The zero-order valence-corrected chi connectivity index (χ0v) is 8.10. The number of aromatic nitrogens is 3. The fraction of sp³-hybridized carbons (Fsp3) is 0. The predicted molar refractivity (Wildman–Crippen MR) is 50.6 cm³/mol. The molecule has 0 unspecified atom stereocenters. The number of nitrogens with one attached hydrogen (secondary N) is 1. The van der Waals surface area contributed by atoms with E-state index in [4.69, 9.17) is 23.3 Å². The molecule has 2 rings (SSSR count). The standard InChI is InChI=1S/C6H6N4.H2O4S/c7-5-4-1-2-8-6(4)10-3-9-5;1-5(2,3)4/h1-3H,(H3,7,8,9,10);(H2,1,2,3,4)/p-1. The van der Waals surface area contributed by atoms with E-state index in [9.17, 15) is 0 Å². The minimum absolute atomic E-state index is 0.520. The lowest BCUT2D eigenvalue weighted by molar-refractivity contribution is 0.366. The van der Waals surface area contributed by atoms with Crippen LogP contribution in [-0.4, -0.2) is 32.5 Å². The van der Waals surface area contributed by atoms with Crippen molar-refractivity contribution in [1.82, 2.24) is 15.0 Å². The van der Waals surface area contributed by atoms with E-state index in [1.807, 2.05) is 6.07 Å². The summed E-state index contributed by atoms with van der Waals surface area (Å²) < 4.78 is 32.8. The molecular weight excluding hydrogens is 224 g/mol. The first kappa shape index (κ1) is 11.4. The van der Waals surface area contributed by atoms with Crippen LogP contribution in [-0.2, 0) is 10.4 Å². The SMILES string of the molecule is Nc1ncnc2[nH]ccc12.O=S(=O)([O-])O. The normalized spacial score (nSPS) is 10.8. The average Bonchev–Trinajstić information content (AvgIpc) is 2.49. The number of fused-ring (bicyclic) bond motifs is 1. The van der Waals surface area contributed by atoms with Gasteiger partial charge in [0, 0.05) is 6.20 Å². The summed E-state index contributed by atoms with van der Waals surface area (Å²) in [5, 5.41) is 0.877. The summed E-state index contributed by atoms with van der Waals surface area (Å²) in [6, 6.07) is 1.85. The lowest BCUT2D eigenvalue weighted by atomic mass is 10.4. The zero-order valence-electron chi connectivity index (χ0n) is 7.28. The summed E-state index contributed by atoms with van der Waals surface area (Å²) in [6.45, 7) is 0. The van der Waals surface area contributed by atoms with Crippen LogP contribution in [0.5, 0.6) is 0 Å². The maximum absolute atomic E-state index is 8.63. The van der Waals surface area contributed by atoms with Gasteiger partial charge in [0.15, 0.2) is 0 Å². The van der Waals surface area contributed by atoms with E-state index < -0.39 is 10.4 Å². The molecule has 0 radical (unpaired) electrons. The van der Waals surface area contributed by atoms with Gasteiger partial charge >= 0.3 is 0 Å². The molecule has 2 aromatic heterocycles. The van der Waals surface area contributed by atoms with Crippen molar-refractivity contribution in [1.29, 1.82) is 0 Å². The van der Waals surface area contributed by atoms with Crippen molar-refractivity contribution in [3.8, 4) is 0 Å². The topological polar surface area (TPSA) is 145 Å². The molecule has 15 heavy (non-hydrogen) atoms. The first-order valence-corrected chi connectivity index (χ1v) is 4.96. The van der Waals surface area contributed by atoms with Crippen LogP contribution in [0.15, 0.2) is 18.6 Å². The van der Waals surface area contributed by atoms with Gasteiger partial charge in [0.2, 0.25) is 10.4 Å². The van der Waals surface area contributed by atoms with Crippen molar-refractivity contribution in [2.24, 2.45) is 0 Å². The Bertz CT molecular complexity index is 541. The Morgan fingerprint density at radius 1 is 1.47 bits per heavy atom. The number of aromatic amines is 1. The van der Waals surface area contributed by atoms with Crippen LogP contribution in [0.4, 0.5) is 5.82 Å². The highest BCUT2D eigenvalue weighted by atomic mass is 32.3. The monoisotopic (exact) mass is 231 g/mol. The second-order valence-electron chi connectivity index (χ2n) is 2.43. The van der Waals surface area contributed by atoms with Crippen molar-refractivity contribution in [2.75, 3.05) is 5.73 Å². The molecule has 4 N–H and O–H groups in total. The number of hydrogen-bond acceptors (Lipinski definition) is 6. The fourth-order valence-electron chi connectivity index (χ4n) is 0.892. The summed E-state index contributed by atoms with van der Waals surface area (Å²) in [5.74, 6) is 0.520. The number of rotatable bonds is 0. The highest BCUT2D eigenvalue weighted by Gasteiger charge is 1.97. The van der Waals surface area contributed by atoms with Crippen molar-refractivity contribution < 1.29 is 17.5 Å². The van der Waals surface area contributed by atoms with E-state index in [1.165, 1.54) is 6.33 Å². The summed E-state index contributed by atoms with van der Waals surface area (Å²) >= 11 is 0. The maximum Gasteiger partial charge on any atom is 0.215 e. The minimum Gasteiger partial charge on any atom is -0.726 e. The fourth-order valence-corrected chi connectivity index (χ4v) is 0.892. The molecule has 0 amide bonds. The van der Waals surface area contributed by atoms with E-state index in [0.717, 1.165) is 11.0 Å². The molecular formula is C6H7N4O4S-. The number of nitrogens with zero attached hydrogens (tertiary/aromatic N) is 2. The molecule has 0 atom stereocenters. The second kappa shape index (κ2) is 4.21. The molecule has 82 valence electrons. The highest BCUT2D eigenvalue weighted by Crippen LogP contribution is 2.12. The van der Waals surface area contributed by atoms with Crippen LogP contribution in [0.3, 0.4) is 0 Å². The molecule has 0 fully saturated rings. The van der Waals surface area contributed by atoms with Gasteiger partial charge in [-0.2, -0.15) is 0 Å².